The number of piperidine rings is 1. The number of para-hydroxylation sites is 1. The first kappa shape index (κ1) is 21.1. The topological polar surface area (TPSA) is 61.4 Å². The summed E-state index contributed by atoms with van der Waals surface area (Å²) in [6.07, 6.45) is 1.78. The van der Waals surface area contributed by atoms with Crippen LogP contribution >= 0.6 is 0 Å². The zero-order valence-electron chi connectivity index (χ0n) is 17.6. The van der Waals surface area contributed by atoms with E-state index in [1.54, 1.807) is 0 Å². The van der Waals surface area contributed by atoms with Gasteiger partial charge in [-0.25, -0.2) is 0 Å². The van der Waals surface area contributed by atoms with Gasteiger partial charge in [0.2, 0.25) is 11.8 Å². The highest BCUT2D eigenvalue weighted by atomic mass is 16.2. The van der Waals surface area contributed by atoms with Crippen LogP contribution in [0.15, 0.2) is 48.5 Å². The summed E-state index contributed by atoms with van der Waals surface area (Å²) in [5.41, 5.74) is 4.40. The minimum atomic E-state index is -0.0890. The molecule has 29 heavy (non-hydrogen) atoms. The van der Waals surface area contributed by atoms with Crippen LogP contribution in [0.4, 0.5) is 5.69 Å². The maximum Gasteiger partial charge on any atom is 0.234 e. The first-order chi connectivity index (χ1) is 13.9. The number of aryl methyl sites for hydroxylation is 2. The van der Waals surface area contributed by atoms with Crippen LogP contribution in [-0.4, -0.2) is 36.3 Å². The van der Waals surface area contributed by atoms with Gasteiger partial charge >= 0.3 is 0 Å². The first-order valence-corrected chi connectivity index (χ1v) is 10.4. The van der Waals surface area contributed by atoms with E-state index in [4.69, 9.17) is 0 Å². The molecule has 2 aromatic rings. The largest absolute Gasteiger partial charge is 0.348 e. The molecule has 0 aliphatic carbocycles. The molecule has 0 unspecified atom stereocenters. The number of carbonyl (C=O) groups is 2. The maximum atomic E-state index is 12.6. The Morgan fingerprint density at radius 1 is 1.10 bits per heavy atom. The van der Waals surface area contributed by atoms with Gasteiger partial charge < -0.3 is 10.6 Å². The molecule has 1 fully saturated rings. The molecule has 2 aromatic carbocycles. The third-order valence-corrected chi connectivity index (χ3v) is 5.69. The SMILES string of the molecule is Cc1ccc([C@H](C)NC(=O)CN2CCC[C@@H](C(=O)Nc3ccccc3)C2)cc1C. The second-order valence-corrected chi connectivity index (χ2v) is 8.06. The average Bonchev–Trinajstić information content (AvgIpc) is 2.71. The van der Waals surface area contributed by atoms with Crippen molar-refractivity contribution in [2.75, 3.05) is 25.0 Å². The van der Waals surface area contributed by atoms with Gasteiger partial charge in [-0.15, -0.1) is 0 Å². The Morgan fingerprint density at radius 3 is 2.59 bits per heavy atom. The molecule has 1 heterocycles. The molecule has 0 spiro atoms. The van der Waals surface area contributed by atoms with Gasteiger partial charge in [-0.3, -0.25) is 14.5 Å². The Balaban J connectivity index is 1.50. The van der Waals surface area contributed by atoms with E-state index in [0.29, 0.717) is 13.1 Å². The average molecular weight is 394 g/mol. The van der Waals surface area contributed by atoms with Crippen LogP contribution in [-0.2, 0) is 9.59 Å². The summed E-state index contributed by atoms with van der Waals surface area (Å²) in [7, 11) is 0. The number of hydrogen-bond donors (Lipinski definition) is 2. The van der Waals surface area contributed by atoms with Crippen LogP contribution in [0.25, 0.3) is 0 Å². The molecule has 0 radical (unpaired) electrons. The van der Waals surface area contributed by atoms with Gasteiger partial charge in [0.1, 0.15) is 0 Å². The van der Waals surface area contributed by atoms with Gasteiger partial charge in [-0.05, 0) is 69.0 Å². The number of benzene rings is 2. The number of anilines is 1. The number of amides is 2. The van der Waals surface area contributed by atoms with Crippen molar-refractivity contribution < 1.29 is 9.59 Å². The Labute approximate surface area is 173 Å². The second kappa shape index (κ2) is 9.70. The van der Waals surface area contributed by atoms with E-state index in [9.17, 15) is 9.59 Å². The standard InChI is InChI=1S/C24H31N3O2/c1-17-11-12-20(14-18(17)2)19(3)25-23(28)16-27-13-7-8-21(15-27)24(29)26-22-9-5-4-6-10-22/h4-6,9-12,14,19,21H,7-8,13,15-16H2,1-3H3,(H,25,28)(H,26,29)/t19-,21+/m0/s1. The molecular formula is C24H31N3O2. The van der Waals surface area contributed by atoms with Crippen LogP contribution in [0.2, 0.25) is 0 Å². The molecule has 154 valence electrons. The number of nitrogens with one attached hydrogen (secondary N) is 2. The fourth-order valence-electron chi connectivity index (χ4n) is 3.79. The maximum absolute atomic E-state index is 12.6. The summed E-state index contributed by atoms with van der Waals surface area (Å²) in [5, 5.41) is 6.08. The van der Waals surface area contributed by atoms with Crippen molar-refractivity contribution in [3.63, 3.8) is 0 Å². The molecule has 3 rings (SSSR count). The summed E-state index contributed by atoms with van der Waals surface area (Å²) in [6, 6.07) is 15.8. The molecule has 2 N–H and O–H groups in total. The molecule has 1 aliphatic rings. The van der Waals surface area contributed by atoms with Gasteiger partial charge in [0, 0.05) is 12.2 Å². The second-order valence-electron chi connectivity index (χ2n) is 8.06. The molecule has 1 aliphatic heterocycles. The van der Waals surface area contributed by atoms with Gasteiger partial charge in [-0.2, -0.15) is 0 Å². The Bertz CT molecular complexity index is 850. The zero-order valence-corrected chi connectivity index (χ0v) is 17.6. The van der Waals surface area contributed by atoms with Crippen molar-refractivity contribution in [3.8, 4) is 0 Å². The monoisotopic (exact) mass is 393 g/mol. The van der Waals surface area contributed by atoms with E-state index in [2.05, 4.69) is 47.6 Å². The molecule has 5 heteroatoms. The lowest BCUT2D eigenvalue weighted by Crippen LogP contribution is -2.45. The Morgan fingerprint density at radius 2 is 1.86 bits per heavy atom. The predicted molar refractivity (Wildman–Crippen MR) is 117 cm³/mol. The molecule has 1 saturated heterocycles. The van der Waals surface area contributed by atoms with Gasteiger partial charge in [-0.1, -0.05) is 36.4 Å². The molecule has 0 saturated carbocycles. The normalized spacial score (nSPS) is 18.1. The molecule has 2 amide bonds. The highest BCUT2D eigenvalue weighted by Gasteiger charge is 2.27. The predicted octanol–water partition coefficient (Wildman–Crippen LogP) is 3.83. The van der Waals surface area contributed by atoms with Gasteiger partial charge in [0.25, 0.3) is 0 Å². The summed E-state index contributed by atoms with van der Waals surface area (Å²) < 4.78 is 0. The fraction of sp³-hybridized carbons (Fsp3) is 0.417. The minimum absolute atomic E-state index is 0.000143. The van der Waals surface area contributed by atoms with Crippen LogP contribution < -0.4 is 10.6 Å². The Hall–Kier alpha value is -2.66. The smallest absolute Gasteiger partial charge is 0.234 e. The number of hydrogen-bond acceptors (Lipinski definition) is 3. The Kier molecular flexibility index (Phi) is 7.04. The van der Waals surface area contributed by atoms with Gasteiger partial charge in [0.15, 0.2) is 0 Å². The molecule has 5 nitrogen and oxygen atoms in total. The molecule has 0 bridgehead atoms. The van der Waals surface area contributed by atoms with E-state index in [1.165, 1.54) is 11.1 Å². The van der Waals surface area contributed by atoms with E-state index in [-0.39, 0.29) is 23.8 Å². The van der Waals surface area contributed by atoms with Crippen LogP contribution in [0.5, 0.6) is 0 Å². The molecule has 2 atom stereocenters. The highest BCUT2D eigenvalue weighted by molar-refractivity contribution is 5.92. The van der Waals surface area contributed by atoms with Crippen molar-refractivity contribution >= 4 is 17.5 Å². The number of likely N-dealkylation sites (tertiary alicyclic amines) is 1. The van der Waals surface area contributed by atoms with Crippen molar-refractivity contribution in [1.82, 2.24) is 10.2 Å². The third-order valence-electron chi connectivity index (χ3n) is 5.69. The van der Waals surface area contributed by atoms with Gasteiger partial charge in [0.05, 0.1) is 18.5 Å². The number of carbonyl (C=O) groups excluding carboxylic acids is 2. The van der Waals surface area contributed by atoms with Crippen LogP contribution in [0.3, 0.4) is 0 Å². The number of nitrogens with zero attached hydrogens (tertiary/aromatic N) is 1. The summed E-state index contributed by atoms with van der Waals surface area (Å²) >= 11 is 0. The van der Waals surface area contributed by atoms with Crippen molar-refractivity contribution in [2.45, 2.75) is 39.7 Å². The van der Waals surface area contributed by atoms with E-state index >= 15 is 0 Å². The van der Waals surface area contributed by atoms with E-state index < -0.39 is 0 Å². The highest BCUT2D eigenvalue weighted by Crippen LogP contribution is 2.20. The lowest BCUT2D eigenvalue weighted by atomic mass is 9.97. The minimum Gasteiger partial charge on any atom is -0.348 e. The van der Waals surface area contributed by atoms with Crippen LogP contribution in [0.1, 0.15) is 42.5 Å². The fourth-order valence-corrected chi connectivity index (χ4v) is 3.79. The van der Waals surface area contributed by atoms with Crippen molar-refractivity contribution in [1.29, 1.82) is 0 Å². The zero-order chi connectivity index (χ0) is 20.8. The van der Waals surface area contributed by atoms with E-state index in [0.717, 1.165) is 30.6 Å². The van der Waals surface area contributed by atoms with Crippen molar-refractivity contribution in [3.05, 3.63) is 65.2 Å². The number of rotatable bonds is 6. The van der Waals surface area contributed by atoms with Crippen molar-refractivity contribution in [2.24, 2.45) is 5.92 Å². The first-order valence-electron chi connectivity index (χ1n) is 10.4. The lowest BCUT2D eigenvalue weighted by molar-refractivity contribution is -0.126. The van der Waals surface area contributed by atoms with E-state index in [1.807, 2.05) is 37.3 Å². The quantitative estimate of drug-likeness (QED) is 0.784. The molecular weight excluding hydrogens is 362 g/mol. The summed E-state index contributed by atoms with van der Waals surface area (Å²) in [5.74, 6) is -0.0569. The third kappa shape index (κ3) is 5.91. The summed E-state index contributed by atoms with van der Waals surface area (Å²) in [4.78, 5) is 27.2. The molecule has 0 aromatic heterocycles. The lowest BCUT2D eigenvalue weighted by Gasteiger charge is -2.31. The summed E-state index contributed by atoms with van der Waals surface area (Å²) in [6.45, 7) is 7.97. The van der Waals surface area contributed by atoms with Crippen LogP contribution in [0, 0.1) is 19.8 Å².